The summed E-state index contributed by atoms with van der Waals surface area (Å²) in [7, 11) is 2.05. The standard InChI is InChI=1S/C12H25N/c1-4-5-11-9-12(11)8-10(2)6-7-13-3/h10-13H,4-9H2,1-3H3. The van der Waals surface area contributed by atoms with Crippen LogP contribution in [0.1, 0.15) is 46.0 Å². The molecule has 13 heavy (non-hydrogen) atoms. The van der Waals surface area contributed by atoms with Crippen LogP contribution < -0.4 is 5.32 Å². The van der Waals surface area contributed by atoms with E-state index in [1.807, 2.05) is 7.05 Å². The molecule has 1 aliphatic rings. The van der Waals surface area contributed by atoms with Crippen LogP contribution in [0.25, 0.3) is 0 Å². The zero-order chi connectivity index (χ0) is 9.68. The minimum Gasteiger partial charge on any atom is -0.320 e. The lowest BCUT2D eigenvalue weighted by molar-refractivity contribution is 0.435. The molecule has 1 fully saturated rings. The Bertz CT molecular complexity index is 133. The summed E-state index contributed by atoms with van der Waals surface area (Å²) in [6.07, 6.45) is 7.21. The lowest BCUT2D eigenvalue weighted by Crippen LogP contribution is -2.11. The molecule has 1 aliphatic carbocycles. The minimum atomic E-state index is 0.930. The van der Waals surface area contributed by atoms with E-state index in [0.29, 0.717) is 0 Å². The van der Waals surface area contributed by atoms with Crippen LogP contribution in [0.15, 0.2) is 0 Å². The largest absolute Gasteiger partial charge is 0.320 e. The highest BCUT2D eigenvalue weighted by atomic mass is 14.8. The van der Waals surface area contributed by atoms with Crippen molar-refractivity contribution in [2.75, 3.05) is 13.6 Å². The number of hydrogen-bond acceptors (Lipinski definition) is 1. The maximum atomic E-state index is 3.23. The molecule has 0 saturated heterocycles. The molecule has 1 saturated carbocycles. The average Bonchev–Trinajstić information content (AvgIpc) is 2.81. The normalized spacial score (nSPS) is 28.8. The Labute approximate surface area is 83.3 Å². The highest BCUT2D eigenvalue weighted by molar-refractivity contribution is 4.86. The van der Waals surface area contributed by atoms with Gasteiger partial charge in [-0.3, -0.25) is 0 Å². The first-order valence-corrected chi connectivity index (χ1v) is 5.92. The topological polar surface area (TPSA) is 12.0 Å². The predicted octanol–water partition coefficient (Wildman–Crippen LogP) is 3.06. The van der Waals surface area contributed by atoms with E-state index < -0.39 is 0 Å². The molecule has 1 nitrogen and oxygen atoms in total. The molecule has 0 amide bonds. The summed E-state index contributed by atoms with van der Waals surface area (Å²) in [4.78, 5) is 0. The molecule has 1 heteroatoms. The Morgan fingerprint density at radius 1 is 1.38 bits per heavy atom. The van der Waals surface area contributed by atoms with Crippen molar-refractivity contribution >= 4 is 0 Å². The second-order valence-electron chi connectivity index (χ2n) is 4.78. The second-order valence-corrected chi connectivity index (χ2v) is 4.78. The van der Waals surface area contributed by atoms with Crippen molar-refractivity contribution in [3.05, 3.63) is 0 Å². The molecule has 0 spiro atoms. The van der Waals surface area contributed by atoms with Gasteiger partial charge in [0.2, 0.25) is 0 Å². The van der Waals surface area contributed by atoms with Crippen LogP contribution in [0.2, 0.25) is 0 Å². The second kappa shape index (κ2) is 5.64. The average molecular weight is 183 g/mol. The zero-order valence-corrected chi connectivity index (χ0v) is 9.47. The van der Waals surface area contributed by atoms with Crippen molar-refractivity contribution in [2.45, 2.75) is 46.0 Å². The molecular weight excluding hydrogens is 158 g/mol. The van der Waals surface area contributed by atoms with Crippen molar-refractivity contribution < 1.29 is 0 Å². The highest BCUT2D eigenvalue weighted by Gasteiger charge is 2.36. The third kappa shape index (κ3) is 4.12. The fourth-order valence-corrected chi connectivity index (χ4v) is 2.35. The molecule has 3 atom stereocenters. The number of rotatable bonds is 7. The Hall–Kier alpha value is -0.0400. The first-order valence-electron chi connectivity index (χ1n) is 5.92. The van der Waals surface area contributed by atoms with Crippen LogP contribution in [-0.2, 0) is 0 Å². The Balaban J connectivity index is 1.99. The Morgan fingerprint density at radius 3 is 2.77 bits per heavy atom. The van der Waals surface area contributed by atoms with E-state index in [4.69, 9.17) is 0 Å². The lowest BCUT2D eigenvalue weighted by atomic mass is 9.99. The summed E-state index contributed by atoms with van der Waals surface area (Å²) in [6.45, 7) is 5.89. The third-order valence-corrected chi connectivity index (χ3v) is 3.32. The Kier molecular flexibility index (Phi) is 4.79. The molecule has 0 aromatic carbocycles. The van der Waals surface area contributed by atoms with E-state index in [-0.39, 0.29) is 0 Å². The minimum absolute atomic E-state index is 0.930. The lowest BCUT2D eigenvalue weighted by Gasteiger charge is -2.10. The number of hydrogen-bond donors (Lipinski definition) is 1. The first-order chi connectivity index (χ1) is 6.27. The summed E-state index contributed by atoms with van der Waals surface area (Å²) in [5.74, 6) is 3.12. The van der Waals surface area contributed by atoms with E-state index in [2.05, 4.69) is 19.2 Å². The van der Waals surface area contributed by atoms with Crippen LogP contribution in [-0.4, -0.2) is 13.6 Å². The van der Waals surface area contributed by atoms with Crippen molar-refractivity contribution in [3.8, 4) is 0 Å². The van der Waals surface area contributed by atoms with Crippen molar-refractivity contribution in [1.29, 1.82) is 0 Å². The molecule has 1 N–H and O–H groups in total. The molecule has 0 radical (unpaired) electrons. The maximum Gasteiger partial charge on any atom is -0.00494 e. The molecule has 0 bridgehead atoms. The third-order valence-electron chi connectivity index (χ3n) is 3.32. The van der Waals surface area contributed by atoms with Gasteiger partial charge in [0.15, 0.2) is 0 Å². The van der Waals surface area contributed by atoms with Gasteiger partial charge in [-0.25, -0.2) is 0 Å². The van der Waals surface area contributed by atoms with Crippen LogP contribution in [0.5, 0.6) is 0 Å². The fourth-order valence-electron chi connectivity index (χ4n) is 2.35. The van der Waals surface area contributed by atoms with E-state index in [9.17, 15) is 0 Å². The molecule has 0 heterocycles. The first kappa shape index (κ1) is 11.0. The molecule has 3 unspecified atom stereocenters. The maximum absolute atomic E-state index is 3.23. The quantitative estimate of drug-likeness (QED) is 0.639. The molecular formula is C12H25N. The van der Waals surface area contributed by atoms with Gasteiger partial charge in [0, 0.05) is 0 Å². The summed E-state index contributed by atoms with van der Waals surface area (Å²) < 4.78 is 0. The van der Waals surface area contributed by atoms with Gasteiger partial charge in [0.25, 0.3) is 0 Å². The van der Waals surface area contributed by atoms with Crippen LogP contribution in [0.3, 0.4) is 0 Å². The summed E-state index contributed by atoms with van der Waals surface area (Å²) in [6, 6.07) is 0. The van der Waals surface area contributed by atoms with Gasteiger partial charge < -0.3 is 5.32 Å². The SMILES string of the molecule is CCCC1CC1CC(C)CCNC. The van der Waals surface area contributed by atoms with Gasteiger partial charge in [-0.15, -0.1) is 0 Å². The molecule has 78 valence electrons. The van der Waals surface area contributed by atoms with E-state index in [1.165, 1.54) is 38.6 Å². The zero-order valence-electron chi connectivity index (χ0n) is 9.47. The summed E-state index contributed by atoms with van der Waals surface area (Å²) in [5.41, 5.74) is 0. The van der Waals surface area contributed by atoms with Crippen molar-refractivity contribution in [2.24, 2.45) is 17.8 Å². The highest BCUT2D eigenvalue weighted by Crippen LogP contribution is 2.46. The molecule has 0 aromatic heterocycles. The van der Waals surface area contributed by atoms with Gasteiger partial charge in [-0.05, 0) is 50.6 Å². The van der Waals surface area contributed by atoms with E-state index in [0.717, 1.165) is 17.8 Å². The number of nitrogens with one attached hydrogen (secondary N) is 1. The smallest absolute Gasteiger partial charge is 0.00494 e. The van der Waals surface area contributed by atoms with E-state index >= 15 is 0 Å². The van der Waals surface area contributed by atoms with E-state index in [1.54, 1.807) is 0 Å². The fraction of sp³-hybridized carbons (Fsp3) is 1.00. The van der Waals surface area contributed by atoms with Crippen LogP contribution in [0.4, 0.5) is 0 Å². The molecule has 1 rings (SSSR count). The van der Waals surface area contributed by atoms with Crippen molar-refractivity contribution in [3.63, 3.8) is 0 Å². The molecule has 0 aliphatic heterocycles. The van der Waals surface area contributed by atoms with Crippen molar-refractivity contribution in [1.82, 2.24) is 5.32 Å². The molecule has 0 aromatic rings. The Morgan fingerprint density at radius 2 is 2.15 bits per heavy atom. The van der Waals surface area contributed by atoms with Crippen LogP contribution in [0, 0.1) is 17.8 Å². The monoisotopic (exact) mass is 183 g/mol. The van der Waals surface area contributed by atoms with Gasteiger partial charge >= 0.3 is 0 Å². The van der Waals surface area contributed by atoms with Gasteiger partial charge in [-0.1, -0.05) is 26.7 Å². The predicted molar refractivity (Wildman–Crippen MR) is 58.8 cm³/mol. The van der Waals surface area contributed by atoms with Gasteiger partial charge in [0.1, 0.15) is 0 Å². The summed E-state index contributed by atoms with van der Waals surface area (Å²) >= 11 is 0. The van der Waals surface area contributed by atoms with Gasteiger partial charge in [-0.2, -0.15) is 0 Å². The van der Waals surface area contributed by atoms with Gasteiger partial charge in [0.05, 0.1) is 0 Å². The van der Waals surface area contributed by atoms with Crippen LogP contribution >= 0.6 is 0 Å². The summed E-state index contributed by atoms with van der Waals surface area (Å²) in [5, 5.41) is 3.23.